The third kappa shape index (κ3) is 3.54. The molecule has 2 aromatic carbocycles. The Morgan fingerprint density at radius 2 is 1.89 bits per heavy atom. The van der Waals surface area contributed by atoms with E-state index in [0.29, 0.717) is 10.7 Å². The number of nitrogens with zero attached hydrogens (tertiary/aromatic N) is 1. The summed E-state index contributed by atoms with van der Waals surface area (Å²) in [7, 11) is 1.58. The molecule has 27 heavy (non-hydrogen) atoms. The second kappa shape index (κ2) is 7.42. The van der Waals surface area contributed by atoms with Gasteiger partial charge >= 0.3 is 5.97 Å². The van der Waals surface area contributed by atoms with E-state index in [0.717, 1.165) is 29.0 Å². The Balaban J connectivity index is 1.97. The number of benzene rings is 2. The Labute approximate surface area is 165 Å². The van der Waals surface area contributed by atoms with Crippen LogP contribution in [0.1, 0.15) is 22.8 Å². The number of methoxy groups -OCH3 is 1. The number of carboxylic acids is 1. The SMILES string of the molecule is COc1ccc(/C(C)=C2\SC(=S)N(c3ccc(C(=O)O)c([O-])c3)C2=O)cc1. The van der Waals surface area contributed by atoms with E-state index in [2.05, 4.69) is 0 Å². The Morgan fingerprint density at radius 3 is 2.44 bits per heavy atom. The van der Waals surface area contributed by atoms with Crippen LogP contribution in [0.2, 0.25) is 0 Å². The number of aromatic carboxylic acids is 1. The Kier molecular flexibility index (Phi) is 5.20. The van der Waals surface area contributed by atoms with E-state index in [9.17, 15) is 14.7 Å². The number of carboxylic acid groups (broad SMARTS) is 1. The average molecular weight is 400 g/mol. The molecular weight excluding hydrogens is 386 g/mol. The number of carbonyl (C=O) groups excluding carboxylic acids is 1. The number of amides is 1. The van der Waals surface area contributed by atoms with E-state index in [1.165, 1.54) is 17.0 Å². The fraction of sp³-hybridized carbons (Fsp3) is 0.105. The minimum atomic E-state index is -1.31. The summed E-state index contributed by atoms with van der Waals surface area (Å²) in [5, 5.41) is 20.9. The van der Waals surface area contributed by atoms with E-state index in [1.807, 2.05) is 19.1 Å². The van der Waals surface area contributed by atoms with Gasteiger partial charge in [-0.1, -0.05) is 41.9 Å². The molecule has 138 valence electrons. The van der Waals surface area contributed by atoms with Crippen molar-refractivity contribution in [3.63, 3.8) is 0 Å². The molecule has 2 aromatic rings. The van der Waals surface area contributed by atoms with E-state index in [4.69, 9.17) is 22.1 Å². The number of carbonyl (C=O) groups is 2. The summed E-state index contributed by atoms with van der Waals surface area (Å²) in [5.41, 5.74) is 1.50. The van der Waals surface area contributed by atoms with E-state index in [-0.39, 0.29) is 21.5 Å². The molecule has 0 spiro atoms. The summed E-state index contributed by atoms with van der Waals surface area (Å²) in [6, 6.07) is 11.0. The summed E-state index contributed by atoms with van der Waals surface area (Å²) in [4.78, 5) is 25.6. The molecule has 1 amide bonds. The molecule has 1 N–H and O–H groups in total. The van der Waals surface area contributed by atoms with Crippen LogP contribution in [0.4, 0.5) is 5.69 Å². The summed E-state index contributed by atoms with van der Waals surface area (Å²) in [6.45, 7) is 1.82. The molecule has 0 bridgehead atoms. The number of thiocarbonyl (C=S) groups is 1. The first-order chi connectivity index (χ1) is 12.8. The molecule has 1 aliphatic rings. The molecule has 0 atom stereocenters. The lowest BCUT2D eigenvalue weighted by Crippen LogP contribution is -2.28. The van der Waals surface area contributed by atoms with Gasteiger partial charge in [-0.15, -0.1) is 0 Å². The van der Waals surface area contributed by atoms with Crippen molar-refractivity contribution >= 4 is 51.4 Å². The van der Waals surface area contributed by atoms with Gasteiger partial charge in [-0.25, -0.2) is 4.79 Å². The zero-order chi connectivity index (χ0) is 19.7. The molecule has 1 heterocycles. The highest BCUT2D eigenvalue weighted by Crippen LogP contribution is 2.40. The second-order valence-corrected chi connectivity index (χ2v) is 7.32. The predicted octanol–water partition coefficient (Wildman–Crippen LogP) is 3.26. The zero-order valence-corrected chi connectivity index (χ0v) is 16.0. The topological polar surface area (TPSA) is 89.9 Å². The first kappa shape index (κ1) is 18.9. The standard InChI is InChI=1S/C19H15NO5S2/c1-10(11-3-6-13(25-2)7-4-11)16-17(22)20(19(26)27-16)12-5-8-14(18(23)24)15(21)9-12/h3-9,21H,1-2H3,(H,23,24)/p-1/b16-10-. The molecule has 0 aromatic heterocycles. The van der Waals surface area contributed by atoms with Crippen molar-refractivity contribution in [2.24, 2.45) is 0 Å². The van der Waals surface area contributed by atoms with Crippen molar-refractivity contribution in [2.45, 2.75) is 6.92 Å². The third-order valence-electron chi connectivity index (χ3n) is 4.09. The maximum atomic E-state index is 12.9. The Bertz CT molecular complexity index is 982. The van der Waals surface area contributed by atoms with Gasteiger partial charge in [-0.05, 0) is 48.4 Å². The highest BCUT2D eigenvalue weighted by atomic mass is 32.2. The van der Waals surface area contributed by atoms with E-state index < -0.39 is 11.7 Å². The van der Waals surface area contributed by atoms with Crippen LogP contribution in [0.25, 0.3) is 5.57 Å². The van der Waals surface area contributed by atoms with Gasteiger partial charge in [0.2, 0.25) is 0 Å². The van der Waals surface area contributed by atoms with Gasteiger partial charge in [0.05, 0.1) is 23.3 Å². The van der Waals surface area contributed by atoms with Crippen LogP contribution in [0.3, 0.4) is 0 Å². The van der Waals surface area contributed by atoms with Crippen LogP contribution in [0.5, 0.6) is 11.5 Å². The van der Waals surface area contributed by atoms with E-state index in [1.54, 1.807) is 19.2 Å². The molecule has 0 radical (unpaired) electrons. The van der Waals surface area contributed by atoms with Crippen molar-refractivity contribution in [3.8, 4) is 11.5 Å². The number of hydrogen-bond donors (Lipinski definition) is 1. The van der Waals surface area contributed by atoms with Crippen LogP contribution >= 0.6 is 24.0 Å². The monoisotopic (exact) mass is 400 g/mol. The van der Waals surface area contributed by atoms with Crippen molar-refractivity contribution in [2.75, 3.05) is 12.0 Å². The van der Waals surface area contributed by atoms with Gasteiger partial charge in [0, 0.05) is 0 Å². The first-order valence-corrected chi connectivity index (χ1v) is 9.02. The smallest absolute Gasteiger partial charge is 0.335 e. The highest BCUT2D eigenvalue weighted by molar-refractivity contribution is 8.27. The second-order valence-electron chi connectivity index (χ2n) is 5.68. The van der Waals surface area contributed by atoms with Crippen LogP contribution in [0.15, 0.2) is 47.4 Å². The maximum absolute atomic E-state index is 12.9. The van der Waals surface area contributed by atoms with Crippen molar-refractivity contribution in [1.29, 1.82) is 0 Å². The summed E-state index contributed by atoms with van der Waals surface area (Å²) < 4.78 is 5.42. The van der Waals surface area contributed by atoms with Crippen LogP contribution in [-0.2, 0) is 4.79 Å². The molecular formula is C19H14NO5S2-. The van der Waals surface area contributed by atoms with Crippen LogP contribution in [-0.4, -0.2) is 28.4 Å². The minimum Gasteiger partial charge on any atom is -0.872 e. The van der Waals surface area contributed by atoms with Crippen LogP contribution in [0, 0.1) is 0 Å². The number of allylic oxidation sites excluding steroid dienone is 1. The highest BCUT2D eigenvalue weighted by Gasteiger charge is 2.35. The lowest BCUT2D eigenvalue weighted by Gasteiger charge is -2.18. The molecule has 1 saturated heterocycles. The van der Waals surface area contributed by atoms with Gasteiger partial charge in [-0.3, -0.25) is 9.69 Å². The number of rotatable bonds is 4. The Hall–Kier alpha value is -2.84. The summed E-state index contributed by atoms with van der Waals surface area (Å²) in [6.07, 6.45) is 0. The summed E-state index contributed by atoms with van der Waals surface area (Å²) in [5.74, 6) is -1.63. The molecule has 0 saturated carbocycles. The molecule has 6 nitrogen and oxygen atoms in total. The van der Waals surface area contributed by atoms with Gasteiger partial charge < -0.3 is 14.9 Å². The van der Waals surface area contributed by atoms with Gasteiger partial charge in [-0.2, -0.15) is 0 Å². The lowest BCUT2D eigenvalue weighted by molar-refractivity contribution is -0.268. The molecule has 3 rings (SSSR count). The number of hydrogen-bond acceptors (Lipinski definition) is 6. The van der Waals surface area contributed by atoms with E-state index >= 15 is 0 Å². The van der Waals surface area contributed by atoms with Crippen molar-refractivity contribution in [3.05, 3.63) is 58.5 Å². The molecule has 0 aliphatic carbocycles. The average Bonchev–Trinajstić information content (AvgIpc) is 2.95. The molecule has 1 fully saturated rings. The molecule has 1 aliphatic heterocycles. The van der Waals surface area contributed by atoms with Gasteiger partial charge in [0.15, 0.2) is 4.32 Å². The first-order valence-electron chi connectivity index (χ1n) is 7.79. The number of thioether (sulfide) groups is 1. The molecule has 8 heteroatoms. The number of anilines is 1. The molecule has 0 unspecified atom stereocenters. The fourth-order valence-corrected chi connectivity index (χ4v) is 3.96. The quantitative estimate of drug-likeness (QED) is 0.622. The largest absolute Gasteiger partial charge is 0.872 e. The van der Waals surface area contributed by atoms with Crippen molar-refractivity contribution < 1.29 is 24.5 Å². The minimum absolute atomic E-state index is 0.255. The van der Waals surface area contributed by atoms with Gasteiger partial charge in [0.1, 0.15) is 5.75 Å². The van der Waals surface area contributed by atoms with Crippen molar-refractivity contribution in [1.82, 2.24) is 0 Å². The third-order valence-corrected chi connectivity index (χ3v) is 5.56. The summed E-state index contributed by atoms with van der Waals surface area (Å²) >= 11 is 6.45. The zero-order valence-electron chi connectivity index (χ0n) is 14.4. The number of ether oxygens (including phenoxy) is 1. The maximum Gasteiger partial charge on any atom is 0.335 e. The predicted molar refractivity (Wildman–Crippen MR) is 106 cm³/mol. The Morgan fingerprint density at radius 1 is 1.22 bits per heavy atom. The van der Waals surface area contributed by atoms with Gasteiger partial charge in [0.25, 0.3) is 5.91 Å². The van der Waals surface area contributed by atoms with Crippen LogP contribution < -0.4 is 14.7 Å². The normalized spacial score (nSPS) is 15.9. The lowest BCUT2D eigenvalue weighted by atomic mass is 10.1. The fourth-order valence-electron chi connectivity index (χ4n) is 2.62.